The van der Waals surface area contributed by atoms with Gasteiger partial charge in [-0.25, -0.2) is 9.97 Å². The molecule has 1 heterocycles. The van der Waals surface area contributed by atoms with Gasteiger partial charge in [0.05, 0.1) is 26.4 Å². The van der Waals surface area contributed by atoms with Crippen LogP contribution in [0.2, 0.25) is 0 Å². The Morgan fingerprint density at radius 2 is 1.88 bits per heavy atom. The maximum Gasteiger partial charge on any atom is 0.224 e. The van der Waals surface area contributed by atoms with E-state index in [0.717, 1.165) is 5.56 Å². The molecule has 0 fully saturated rings. The van der Waals surface area contributed by atoms with Crippen molar-refractivity contribution in [3.8, 4) is 11.8 Å². The molecular formula is C10H17N3O3. The summed E-state index contributed by atoms with van der Waals surface area (Å²) in [5, 5.41) is 12.0. The molecule has 0 bridgehead atoms. The summed E-state index contributed by atoms with van der Waals surface area (Å²) >= 11 is 0. The van der Waals surface area contributed by atoms with E-state index in [9.17, 15) is 0 Å². The Hall–Kier alpha value is -1.40. The van der Waals surface area contributed by atoms with Crippen molar-refractivity contribution in [2.24, 2.45) is 0 Å². The van der Waals surface area contributed by atoms with Gasteiger partial charge in [-0.05, 0) is 6.92 Å². The van der Waals surface area contributed by atoms with E-state index in [0.29, 0.717) is 18.3 Å². The van der Waals surface area contributed by atoms with Crippen molar-refractivity contribution >= 4 is 0 Å². The van der Waals surface area contributed by atoms with Crippen molar-refractivity contribution in [2.45, 2.75) is 19.5 Å². The molecule has 0 saturated carbocycles. The number of hydrogen-bond donors (Lipinski definition) is 2. The molecule has 0 amide bonds. The molecule has 0 spiro atoms. The first-order valence-electron chi connectivity index (χ1n) is 4.99. The van der Waals surface area contributed by atoms with E-state index in [1.54, 1.807) is 14.2 Å². The van der Waals surface area contributed by atoms with Crippen molar-refractivity contribution in [1.82, 2.24) is 15.3 Å². The first-order valence-corrected chi connectivity index (χ1v) is 4.99. The van der Waals surface area contributed by atoms with Crippen LogP contribution in [0.1, 0.15) is 12.5 Å². The van der Waals surface area contributed by atoms with Crippen LogP contribution in [-0.4, -0.2) is 41.9 Å². The van der Waals surface area contributed by atoms with Crippen LogP contribution < -0.4 is 14.8 Å². The van der Waals surface area contributed by atoms with Crippen molar-refractivity contribution < 1.29 is 14.6 Å². The van der Waals surface area contributed by atoms with Gasteiger partial charge in [0.25, 0.3) is 0 Å². The largest absolute Gasteiger partial charge is 0.481 e. The average Bonchev–Trinajstić information content (AvgIpc) is 2.35. The summed E-state index contributed by atoms with van der Waals surface area (Å²) in [5.74, 6) is 0.953. The van der Waals surface area contributed by atoms with E-state index in [2.05, 4.69) is 15.3 Å². The molecule has 2 N–H and O–H groups in total. The molecule has 0 aliphatic rings. The van der Waals surface area contributed by atoms with Gasteiger partial charge in [0.2, 0.25) is 11.8 Å². The van der Waals surface area contributed by atoms with Crippen LogP contribution in [0.25, 0.3) is 0 Å². The molecule has 6 nitrogen and oxygen atoms in total. The van der Waals surface area contributed by atoms with Gasteiger partial charge in [0.15, 0.2) is 0 Å². The lowest BCUT2D eigenvalue weighted by atomic mass is 10.2. The topological polar surface area (TPSA) is 76.5 Å². The first kappa shape index (κ1) is 12.7. The summed E-state index contributed by atoms with van der Waals surface area (Å²) in [6, 6.07) is -0.00498. The van der Waals surface area contributed by atoms with E-state index in [-0.39, 0.29) is 12.6 Å². The minimum atomic E-state index is -0.00498. The van der Waals surface area contributed by atoms with Gasteiger partial charge >= 0.3 is 0 Å². The molecule has 0 aliphatic heterocycles. The molecule has 0 saturated heterocycles. The number of aliphatic hydroxyl groups is 1. The number of hydrogen-bond acceptors (Lipinski definition) is 6. The maximum absolute atomic E-state index is 8.91. The fraction of sp³-hybridized carbons (Fsp3) is 0.600. The number of rotatable bonds is 6. The molecule has 6 heteroatoms. The zero-order valence-corrected chi connectivity index (χ0v) is 9.73. The normalized spacial score (nSPS) is 12.2. The minimum absolute atomic E-state index is 0.00498. The fourth-order valence-electron chi connectivity index (χ4n) is 1.22. The zero-order valence-electron chi connectivity index (χ0n) is 9.73. The summed E-state index contributed by atoms with van der Waals surface area (Å²) in [5.41, 5.74) is 0.743. The molecule has 0 aliphatic carbocycles. The highest BCUT2D eigenvalue weighted by molar-refractivity contribution is 5.34. The molecule has 1 aromatic rings. The average molecular weight is 227 g/mol. The first-order chi connectivity index (χ1) is 7.72. The predicted molar refractivity (Wildman–Crippen MR) is 58.5 cm³/mol. The van der Waals surface area contributed by atoms with Crippen LogP contribution in [0.3, 0.4) is 0 Å². The van der Waals surface area contributed by atoms with Gasteiger partial charge in [-0.3, -0.25) is 0 Å². The van der Waals surface area contributed by atoms with E-state index < -0.39 is 0 Å². The highest BCUT2D eigenvalue weighted by Crippen LogP contribution is 2.22. The quantitative estimate of drug-likeness (QED) is 0.710. The number of aliphatic hydroxyl groups excluding tert-OH is 1. The summed E-state index contributed by atoms with van der Waals surface area (Å²) in [6.07, 6.45) is 1.39. The van der Waals surface area contributed by atoms with Gasteiger partial charge < -0.3 is 19.9 Å². The molecule has 0 aromatic carbocycles. The van der Waals surface area contributed by atoms with Crippen molar-refractivity contribution in [2.75, 3.05) is 20.8 Å². The maximum atomic E-state index is 8.91. The SMILES string of the molecule is COc1ncnc(OC)c1CNC(C)CO. The summed E-state index contributed by atoms with van der Waals surface area (Å²) in [7, 11) is 3.08. The van der Waals surface area contributed by atoms with Gasteiger partial charge in [-0.15, -0.1) is 0 Å². The van der Waals surface area contributed by atoms with Gasteiger partial charge in [0.1, 0.15) is 6.33 Å². The third-order valence-corrected chi connectivity index (χ3v) is 2.15. The van der Waals surface area contributed by atoms with Crippen LogP contribution in [0.5, 0.6) is 11.8 Å². The molecule has 1 rings (SSSR count). The molecule has 0 radical (unpaired) electrons. The van der Waals surface area contributed by atoms with E-state index in [4.69, 9.17) is 14.6 Å². The van der Waals surface area contributed by atoms with Gasteiger partial charge in [0, 0.05) is 12.6 Å². The Morgan fingerprint density at radius 1 is 1.31 bits per heavy atom. The fourth-order valence-corrected chi connectivity index (χ4v) is 1.22. The number of ether oxygens (including phenoxy) is 2. The highest BCUT2D eigenvalue weighted by atomic mass is 16.5. The summed E-state index contributed by atoms with van der Waals surface area (Å²) < 4.78 is 10.2. The van der Waals surface area contributed by atoms with Crippen LogP contribution in [-0.2, 0) is 6.54 Å². The van der Waals surface area contributed by atoms with Crippen molar-refractivity contribution in [3.63, 3.8) is 0 Å². The third-order valence-electron chi connectivity index (χ3n) is 2.15. The summed E-state index contributed by atoms with van der Waals surface area (Å²) in [4.78, 5) is 7.99. The summed E-state index contributed by atoms with van der Waals surface area (Å²) in [6.45, 7) is 2.43. The number of nitrogens with one attached hydrogen (secondary N) is 1. The lowest BCUT2D eigenvalue weighted by molar-refractivity contribution is 0.249. The minimum Gasteiger partial charge on any atom is -0.481 e. The second kappa shape index (κ2) is 6.24. The number of methoxy groups -OCH3 is 2. The monoisotopic (exact) mass is 227 g/mol. The lowest BCUT2D eigenvalue weighted by Gasteiger charge is -2.14. The highest BCUT2D eigenvalue weighted by Gasteiger charge is 2.13. The van der Waals surface area contributed by atoms with Crippen LogP contribution in [0, 0.1) is 0 Å². The van der Waals surface area contributed by atoms with Crippen LogP contribution in [0.4, 0.5) is 0 Å². The third kappa shape index (κ3) is 3.04. The molecule has 1 atom stereocenters. The molecule has 16 heavy (non-hydrogen) atoms. The predicted octanol–water partition coefficient (Wildman–Crippen LogP) is -0.0358. The second-order valence-electron chi connectivity index (χ2n) is 3.34. The van der Waals surface area contributed by atoms with E-state index >= 15 is 0 Å². The van der Waals surface area contributed by atoms with Crippen LogP contribution in [0.15, 0.2) is 6.33 Å². The lowest BCUT2D eigenvalue weighted by Crippen LogP contribution is -2.29. The Balaban J connectivity index is 2.82. The van der Waals surface area contributed by atoms with Gasteiger partial charge in [-0.1, -0.05) is 0 Å². The van der Waals surface area contributed by atoms with E-state index in [1.807, 2.05) is 6.92 Å². The zero-order chi connectivity index (χ0) is 12.0. The smallest absolute Gasteiger partial charge is 0.224 e. The Kier molecular flexibility index (Phi) is 4.94. The van der Waals surface area contributed by atoms with E-state index in [1.165, 1.54) is 6.33 Å². The van der Waals surface area contributed by atoms with Crippen molar-refractivity contribution in [1.29, 1.82) is 0 Å². The Morgan fingerprint density at radius 3 is 2.31 bits per heavy atom. The number of nitrogens with zero attached hydrogens (tertiary/aromatic N) is 2. The number of aromatic nitrogens is 2. The molecule has 1 aromatic heterocycles. The Labute approximate surface area is 94.6 Å². The van der Waals surface area contributed by atoms with Crippen molar-refractivity contribution in [3.05, 3.63) is 11.9 Å². The molecular weight excluding hydrogens is 210 g/mol. The second-order valence-corrected chi connectivity index (χ2v) is 3.34. The standard InChI is InChI=1S/C10H17N3O3/c1-7(5-14)11-4-8-9(15-2)12-6-13-10(8)16-3/h6-7,11,14H,4-5H2,1-3H3. The van der Waals surface area contributed by atoms with Crippen LogP contribution >= 0.6 is 0 Å². The Bertz CT molecular complexity index is 311. The molecule has 1 unspecified atom stereocenters. The van der Waals surface area contributed by atoms with Gasteiger partial charge in [-0.2, -0.15) is 0 Å². The molecule has 90 valence electrons.